The molecule has 0 atom stereocenters. The molecule has 0 spiro atoms. The SMILES string of the molecule is COc1cc(C)ccc1Oc1ccc(N)cc1. The number of anilines is 1. The maximum atomic E-state index is 5.73. The highest BCUT2D eigenvalue weighted by Gasteiger charge is 2.05. The van der Waals surface area contributed by atoms with Gasteiger partial charge in [-0.2, -0.15) is 0 Å². The molecule has 0 saturated carbocycles. The monoisotopic (exact) mass is 229 g/mol. The first-order valence-electron chi connectivity index (χ1n) is 5.37. The van der Waals surface area contributed by atoms with Crippen molar-refractivity contribution in [2.75, 3.05) is 12.8 Å². The van der Waals surface area contributed by atoms with Crippen LogP contribution in [0.1, 0.15) is 5.56 Å². The van der Waals surface area contributed by atoms with Gasteiger partial charge >= 0.3 is 0 Å². The lowest BCUT2D eigenvalue weighted by Gasteiger charge is -2.10. The quantitative estimate of drug-likeness (QED) is 0.820. The molecule has 3 nitrogen and oxygen atoms in total. The molecule has 2 rings (SSSR count). The Morgan fingerprint density at radius 1 is 0.941 bits per heavy atom. The molecule has 0 bridgehead atoms. The van der Waals surface area contributed by atoms with Gasteiger partial charge in [-0.1, -0.05) is 6.07 Å². The van der Waals surface area contributed by atoms with Crippen LogP contribution in [0.2, 0.25) is 0 Å². The molecule has 0 heterocycles. The number of ether oxygens (including phenoxy) is 2. The average molecular weight is 229 g/mol. The van der Waals surface area contributed by atoms with Gasteiger partial charge in [-0.25, -0.2) is 0 Å². The highest BCUT2D eigenvalue weighted by atomic mass is 16.5. The van der Waals surface area contributed by atoms with Crippen LogP contribution < -0.4 is 15.2 Å². The molecule has 88 valence electrons. The van der Waals surface area contributed by atoms with Crippen LogP contribution in [0.5, 0.6) is 17.2 Å². The molecule has 0 radical (unpaired) electrons. The molecule has 0 aliphatic heterocycles. The Hall–Kier alpha value is -2.16. The van der Waals surface area contributed by atoms with Crippen LogP contribution in [0, 0.1) is 6.92 Å². The Morgan fingerprint density at radius 3 is 2.29 bits per heavy atom. The van der Waals surface area contributed by atoms with Crippen molar-refractivity contribution in [3.05, 3.63) is 48.0 Å². The number of hydrogen-bond acceptors (Lipinski definition) is 3. The Kier molecular flexibility index (Phi) is 3.19. The van der Waals surface area contributed by atoms with Crippen LogP contribution in [0.4, 0.5) is 5.69 Å². The average Bonchev–Trinajstić information content (AvgIpc) is 2.34. The molecule has 0 unspecified atom stereocenters. The van der Waals surface area contributed by atoms with E-state index in [9.17, 15) is 0 Å². The van der Waals surface area contributed by atoms with E-state index < -0.39 is 0 Å². The second-order valence-corrected chi connectivity index (χ2v) is 3.83. The third-order valence-electron chi connectivity index (χ3n) is 2.43. The largest absolute Gasteiger partial charge is 0.493 e. The van der Waals surface area contributed by atoms with E-state index in [1.165, 1.54) is 0 Å². The number of benzene rings is 2. The minimum atomic E-state index is 0.697. The van der Waals surface area contributed by atoms with Crippen LogP contribution >= 0.6 is 0 Å². The van der Waals surface area contributed by atoms with Crippen molar-refractivity contribution in [1.82, 2.24) is 0 Å². The van der Waals surface area contributed by atoms with Crippen LogP contribution in [0.15, 0.2) is 42.5 Å². The Bertz CT molecular complexity index is 506. The molecule has 3 heteroatoms. The molecule has 0 aliphatic rings. The molecule has 0 aromatic heterocycles. The van der Waals surface area contributed by atoms with E-state index in [2.05, 4.69) is 0 Å². The van der Waals surface area contributed by atoms with Crippen LogP contribution in [0.3, 0.4) is 0 Å². The van der Waals surface area contributed by atoms with Gasteiger partial charge in [0.25, 0.3) is 0 Å². The Balaban J connectivity index is 2.26. The molecule has 2 N–H and O–H groups in total. The summed E-state index contributed by atoms with van der Waals surface area (Å²) in [7, 11) is 1.63. The maximum absolute atomic E-state index is 5.73. The fourth-order valence-electron chi connectivity index (χ4n) is 1.52. The van der Waals surface area contributed by atoms with Crippen molar-refractivity contribution in [3.63, 3.8) is 0 Å². The second kappa shape index (κ2) is 4.78. The summed E-state index contributed by atoms with van der Waals surface area (Å²) in [5.74, 6) is 2.16. The van der Waals surface area contributed by atoms with Crippen molar-refractivity contribution < 1.29 is 9.47 Å². The summed E-state index contributed by atoms with van der Waals surface area (Å²) in [6, 6.07) is 13.1. The number of rotatable bonds is 3. The first-order chi connectivity index (χ1) is 8.19. The van der Waals surface area contributed by atoms with Gasteiger partial charge < -0.3 is 15.2 Å². The lowest BCUT2D eigenvalue weighted by atomic mass is 10.2. The summed E-state index contributed by atoms with van der Waals surface area (Å²) in [5, 5.41) is 0. The Morgan fingerprint density at radius 2 is 1.65 bits per heavy atom. The maximum Gasteiger partial charge on any atom is 0.169 e. The topological polar surface area (TPSA) is 44.5 Å². The first-order valence-corrected chi connectivity index (χ1v) is 5.37. The molecule has 17 heavy (non-hydrogen) atoms. The van der Waals surface area contributed by atoms with Crippen molar-refractivity contribution in [3.8, 4) is 17.2 Å². The standard InChI is InChI=1S/C14H15NO2/c1-10-3-8-13(14(9-10)16-2)17-12-6-4-11(15)5-7-12/h3-9H,15H2,1-2H3. The van der Waals surface area contributed by atoms with Crippen LogP contribution in [-0.4, -0.2) is 7.11 Å². The zero-order valence-electron chi connectivity index (χ0n) is 9.94. The van der Waals surface area contributed by atoms with Gasteiger partial charge in [0.05, 0.1) is 7.11 Å². The van der Waals surface area contributed by atoms with Crippen molar-refractivity contribution >= 4 is 5.69 Å². The Labute approximate surface area is 101 Å². The van der Waals surface area contributed by atoms with Crippen LogP contribution in [0.25, 0.3) is 0 Å². The molecular weight excluding hydrogens is 214 g/mol. The lowest BCUT2D eigenvalue weighted by molar-refractivity contribution is 0.378. The first kappa shape index (κ1) is 11.3. The molecule has 0 amide bonds. The second-order valence-electron chi connectivity index (χ2n) is 3.83. The highest BCUT2D eigenvalue weighted by Crippen LogP contribution is 2.32. The summed E-state index contributed by atoms with van der Waals surface area (Å²) in [6.07, 6.45) is 0. The number of hydrogen-bond donors (Lipinski definition) is 1. The van der Waals surface area contributed by atoms with E-state index in [0.29, 0.717) is 11.4 Å². The third-order valence-corrected chi connectivity index (χ3v) is 2.43. The summed E-state index contributed by atoms with van der Waals surface area (Å²) < 4.78 is 11.0. The number of methoxy groups -OCH3 is 1. The highest BCUT2D eigenvalue weighted by molar-refractivity contribution is 5.47. The zero-order chi connectivity index (χ0) is 12.3. The van der Waals surface area contributed by atoms with E-state index >= 15 is 0 Å². The fourth-order valence-corrected chi connectivity index (χ4v) is 1.52. The van der Waals surface area contributed by atoms with Gasteiger partial charge in [0.15, 0.2) is 11.5 Å². The van der Waals surface area contributed by atoms with Crippen molar-refractivity contribution in [1.29, 1.82) is 0 Å². The van der Waals surface area contributed by atoms with Gasteiger partial charge in [-0.05, 0) is 48.9 Å². The van der Waals surface area contributed by atoms with Gasteiger partial charge in [0.1, 0.15) is 5.75 Å². The smallest absolute Gasteiger partial charge is 0.169 e. The lowest BCUT2D eigenvalue weighted by Crippen LogP contribution is -1.91. The number of nitrogen functional groups attached to an aromatic ring is 1. The minimum absolute atomic E-state index is 0.697. The van der Waals surface area contributed by atoms with Gasteiger partial charge in [0, 0.05) is 5.69 Å². The molecule has 0 saturated heterocycles. The number of nitrogens with two attached hydrogens (primary N) is 1. The predicted molar refractivity (Wildman–Crippen MR) is 68.7 cm³/mol. The van der Waals surface area contributed by atoms with E-state index in [-0.39, 0.29) is 0 Å². The predicted octanol–water partition coefficient (Wildman–Crippen LogP) is 3.38. The third kappa shape index (κ3) is 2.69. The van der Waals surface area contributed by atoms with E-state index in [4.69, 9.17) is 15.2 Å². The van der Waals surface area contributed by atoms with Crippen molar-refractivity contribution in [2.24, 2.45) is 0 Å². The zero-order valence-corrected chi connectivity index (χ0v) is 9.94. The molecule has 2 aromatic carbocycles. The summed E-state index contributed by atoms with van der Waals surface area (Å²) in [4.78, 5) is 0. The van der Waals surface area contributed by atoms with Gasteiger partial charge in [-0.15, -0.1) is 0 Å². The summed E-state index contributed by atoms with van der Waals surface area (Å²) in [6.45, 7) is 2.01. The normalized spacial score (nSPS) is 10.0. The van der Waals surface area contributed by atoms with E-state index in [1.54, 1.807) is 19.2 Å². The molecule has 0 fully saturated rings. The number of aryl methyl sites for hydroxylation is 1. The van der Waals surface area contributed by atoms with E-state index in [0.717, 1.165) is 17.1 Å². The summed E-state index contributed by atoms with van der Waals surface area (Å²) in [5.41, 5.74) is 7.46. The van der Waals surface area contributed by atoms with Gasteiger partial charge in [0.2, 0.25) is 0 Å². The van der Waals surface area contributed by atoms with Crippen molar-refractivity contribution in [2.45, 2.75) is 6.92 Å². The minimum Gasteiger partial charge on any atom is -0.493 e. The molecule has 2 aromatic rings. The molecule has 0 aliphatic carbocycles. The molecular formula is C14H15NO2. The van der Waals surface area contributed by atoms with E-state index in [1.807, 2.05) is 37.3 Å². The fraction of sp³-hybridized carbons (Fsp3) is 0.143. The summed E-state index contributed by atoms with van der Waals surface area (Å²) >= 11 is 0. The van der Waals surface area contributed by atoms with Crippen LogP contribution in [-0.2, 0) is 0 Å². The van der Waals surface area contributed by atoms with Gasteiger partial charge in [-0.3, -0.25) is 0 Å².